The number of rotatable bonds is 7. The van der Waals surface area contributed by atoms with Gasteiger partial charge in [0.05, 0.1) is 6.61 Å². The van der Waals surface area contributed by atoms with E-state index in [1.165, 1.54) is 0 Å². The lowest BCUT2D eigenvalue weighted by Gasteiger charge is -2.13. The van der Waals surface area contributed by atoms with E-state index in [0.717, 1.165) is 11.3 Å². The van der Waals surface area contributed by atoms with Gasteiger partial charge in [0.15, 0.2) is 0 Å². The Morgan fingerprint density at radius 1 is 1.50 bits per heavy atom. The number of para-hydroxylation sites is 1. The van der Waals surface area contributed by atoms with Crippen molar-refractivity contribution < 1.29 is 9.84 Å². The van der Waals surface area contributed by atoms with Crippen LogP contribution in [-0.4, -0.2) is 24.4 Å². The third kappa shape index (κ3) is 4.04. The predicted octanol–water partition coefficient (Wildman–Crippen LogP) is 1.72. The van der Waals surface area contributed by atoms with Crippen LogP contribution in [0.3, 0.4) is 0 Å². The summed E-state index contributed by atoms with van der Waals surface area (Å²) < 4.78 is 5.53. The van der Waals surface area contributed by atoms with Gasteiger partial charge < -0.3 is 15.2 Å². The van der Waals surface area contributed by atoms with Gasteiger partial charge in [-0.15, -0.1) is 0 Å². The molecule has 0 fully saturated rings. The molecule has 0 aliphatic heterocycles. The van der Waals surface area contributed by atoms with Crippen molar-refractivity contribution in [1.82, 2.24) is 5.32 Å². The normalized spacial score (nSPS) is 12.1. The van der Waals surface area contributed by atoms with Crippen LogP contribution in [0.5, 0.6) is 5.75 Å². The maximum absolute atomic E-state index is 8.92. The molecule has 0 aliphatic rings. The molecule has 0 aromatic heterocycles. The summed E-state index contributed by atoms with van der Waals surface area (Å²) in [5, 5.41) is 12.1. The van der Waals surface area contributed by atoms with Crippen LogP contribution in [0.2, 0.25) is 0 Å². The van der Waals surface area contributed by atoms with Crippen molar-refractivity contribution in [2.24, 2.45) is 0 Å². The Balaban J connectivity index is 2.59. The minimum absolute atomic E-state index is 0.0902. The van der Waals surface area contributed by atoms with Gasteiger partial charge in [0, 0.05) is 18.2 Å². The highest BCUT2D eigenvalue weighted by Gasteiger charge is 2.04. The Kier molecular flexibility index (Phi) is 5.61. The summed E-state index contributed by atoms with van der Waals surface area (Å²) in [6.07, 6.45) is 1.72. The van der Waals surface area contributed by atoms with Gasteiger partial charge in [-0.2, -0.15) is 0 Å². The fourth-order valence-electron chi connectivity index (χ4n) is 1.29. The second kappa shape index (κ2) is 7.04. The number of aliphatic hydroxyl groups is 1. The van der Waals surface area contributed by atoms with Crippen LogP contribution in [0.1, 0.15) is 12.5 Å². The summed E-state index contributed by atoms with van der Waals surface area (Å²) in [4.78, 5) is 0. The second-order valence-electron chi connectivity index (χ2n) is 3.67. The van der Waals surface area contributed by atoms with E-state index in [1.54, 1.807) is 6.08 Å². The van der Waals surface area contributed by atoms with Crippen molar-refractivity contribution in [2.45, 2.75) is 19.5 Å². The molecule has 3 nitrogen and oxygen atoms in total. The molecule has 0 saturated carbocycles. The monoisotopic (exact) mass is 221 g/mol. The van der Waals surface area contributed by atoms with Crippen molar-refractivity contribution in [2.75, 3.05) is 13.2 Å². The molecule has 0 amide bonds. The molecule has 16 heavy (non-hydrogen) atoms. The minimum Gasteiger partial charge on any atom is -0.489 e. The molecular formula is C13H19NO2. The van der Waals surface area contributed by atoms with Crippen LogP contribution in [0.4, 0.5) is 0 Å². The van der Waals surface area contributed by atoms with E-state index in [9.17, 15) is 0 Å². The van der Waals surface area contributed by atoms with Gasteiger partial charge in [0.25, 0.3) is 0 Å². The summed E-state index contributed by atoms with van der Waals surface area (Å²) in [6.45, 7) is 6.89. The largest absolute Gasteiger partial charge is 0.489 e. The lowest BCUT2D eigenvalue weighted by atomic mass is 10.2. The van der Waals surface area contributed by atoms with E-state index < -0.39 is 0 Å². The van der Waals surface area contributed by atoms with Crippen LogP contribution < -0.4 is 10.1 Å². The van der Waals surface area contributed by atoms with Gasteiger partial charge in [-0.25, -0.2) is 0 Å². The first-order valence-corrected chi connectivity index (χ1v) is 5.43. The number of nitrogens with one attached hydrogen (secondary N) is 1. The zero-order valence-electron chi connectivity index (χ0n) is 9.65. The topological polar surface area (TPSA) is 41.5 Å². The molecule has 0 spiro atoms. The van der Waals surface area contributed by atoms with Gasteiger partial charge in [0.1, 0.15) is 12.4 Å². The van der Waals surface area contributed by atoms with Gasteiger partial charge in [-0.05, 0) is 13.0 Å². The lowest BCUT2D eigenvalue weighted by Crippen LogP contribution is -2.28. The highest BCUT2D eigenvalue weighted by atomic mass is 16.5. The van der Waals surface area contributed by atoms with Gasteiger partial charge >= 0.3 is 0 Å². The lowest BCUT2D eigenvalue weighted by molar-refractivity contribution is 0.250. The first-order chi connectivity index (χ1) is 7.77. The summed E-state index contributed by atoms with van der Waals surface area (Å²) in [7, 11) is 0. The molecule has 0 unspecified atom stereocenters. The standard InChI is InChI=1S/C13H19NO2/c1-3-8-16-13-7-5-4-6-12(13)9-14-11(2)10-15/h3-7,11,14-15H,1,8-10H2,2H3/t11-/m1/s1. The Bertz CT molecular complexity index is 325. The maximum atomic E-state index is 8.92. The van der Waals surface area contributed by atoms with Crippen LogP contribution in [0.25, 0.3) is 0 Å². The molecule has 1 aromatic rings. The predicted molar refractivity (Wildman–Crippen MR) is 65.5 cm³/mol. The zero-order valence-corrected chi connectivity index (χ0v) is 9.65. The SMILES string of the molecule is C=CCOc1ccccc1CN[C@H](C)CO. The fourth-order valence-corrected chi connectivity index (χ4v) is 1.29. The molecule has 2 N–H and O–H groups in total. The fraction of sp³-hybridized carbons (Fsp3) is 0.385. The van der Waals surface area contributed by atoms with E-state index in [-0.39, 0.29) is 12.6 Å². The first-order valence-electron chi connectivity index (χ1n) is 5.43. The van der Waals surface area contributed by atoms with Crippen molar-refractivity contribution in [3.63, 3.8) is 0 Å². The summed E-state index contributed by atoms with van der Waals surface area (Å²) in [5.74, 6) is 0.861. The second-order valence-corrected chi connectivity index (χ2v) is 3.67. The van der Waals surface area contributed by atoms with E-state index >= 15 is 0 Å². The number of ether oxygens (including phenoxy) is 1. The summed E-state index contributed by atoms with van der Waals surface area (Å²) in [5.41, 5.74) is 1.09. The Labute approximate surface area is 96.8 Å². The quantitative estimate of drug-likeness (QED) is 0.689. The smallest absolute Gasteiger partial charge is 0.124 e. The van der Waals surface area contributed by atoms with Crippen molar-refractivity contribution in [1.29, 1.82) is 0 Å². The van der Waals surface area contributed by atoms with Crippen LogP contribution in [0, 0.1) is 0 Å². The minimum atomic E-state index is 0.0902. The summed E-state index contributed by atoms with van der Waals surface area (Å²) >= 11 is 0. The van der Waals surface area contributed by atoms with E-state index in [2.05, 4.69) is 11.9 Å². The van der Waals surface area contributed by atoms with Crippen molar-refractivity contribution in [3.05, 3.63) is 42.5 Å². The Hall–Kier alpha value is -1.32. The van der Waals surface area contributed by atoms with Crippen molar-refractivity contribution >= 4 is 0 Å². The zero-order chi connectivity index (χ0) is 11.8. The third-order valence-electron chi connectivity index (χ3n) is 2.24. The summed E-state index contributed by atoms with van der Waals surface area (Å²) in [6, 6.07) is 7.95. The Morgan fingerprint density at radius 2 is 2.25 bits per heavy atom. The molecule has 0 aliphatic carbocycles. The van der Waals surface area contributed by atoms with Crippen molar-refractivity contribution in [3.8, 4) is 5.75 Å². The molecule has 0 saturated heterocycles. The average molecular weight is 221 g/mol. The molecule has 0 radical (unpaired) electrons. The van der Waals surface area contributed by atoms with E-state index in [0.29, 0.717) is 13.2 Å². The first kappa shape index (κ1) is 12.7. The van der Waals surface area contributed by atoms with Gasteiger partial charge in [-0.1, -0.05) is 30.9 Å². The maximum Gasteiger partial charge on any atom is 0.124 e. The molecule has 0 heterocycles. The van der Waals surface area contributed by atoms with Gasteiger partial charge in [0.2, 0.25) is 0 Å². The molecule has 1 aromatic carbocycles. The van der Waals surface area contributed by atoms with Gasteiger partial charge in [-0.3, -0.25) is 0 Å². The number of aliphatic hydroxyl groups excluding tert-OH is 1. The average Bonchev–Trinajstić information content (AvgIpc) is 2.34. The van der Waals surface area contributed by atoms with E-state index in [4.69, 9.17) is 9.84 Å². The molecule has 0 bridgehead atoms. The van der Waals surface area contributed by atoms with Crippen LogP contribution >= 0.6 is 0 Å². The molecule has 1 atom stereocenters. The number of hydrogen-bond acceptors (Lipinski definition) is 3. The molecular weight excluding hydrogens is 202 g/mol. The third-order valence-corrected chi connectivity index (χ3v) is 2.24. The van der Waals surface area contributed by atoms with Crippen LogP contribution in [-0.2, 0) is 6.54 Å². The van der Waals surface area contributed by atoms with Crippen LogP contribution in [0.15, 0.2) is 36.9 Å². The molecule has 1 rings (SSSR count). The highest BCUT2D eigenvalue weighted by Crippen LogP contribution is 2.17. The Morgan fingerprint density at radius 3 is 2.94 bits per heavy atom. The molecule has 3 heteroatoms. The number of hydrogen-bond donors (Lipinski definition) is 2. The molecule has 88 valence electrons. The highest BCUT2D eigenvalue weighted by molar-refractivity contribution is 5.33. The number of benzene rings is 1. The van der Waals surface area contributed by atoms with E-state index in [1.807, 2.05) is 31.2 Å².